The van der Waals surface area contributed by atoms with Crippen LogP contribution < -0.4 is 5.32 Å². The van der Waals surface area contributed by atoms with E-state index in [0.29, 0.717) is 39.5 Å². The summed E-state index contributed by atoms with van der Waals surface area (Å²) in [5, 5.41) is 3.98. The molecule has 0 aliphatic rings. The van der Waals surface area contributed by atoms with Gasteiger partial charge in [0.2, 0.25) is 0 Å². The molecule has 3 heterocycles. The van der Waals surface area contributed by atoms with Gasteiger partial charge in [0.05, 0.1) is 28.1 Å². The van der Waals surface area contributed by atoms with Gasteiger partial charge in [-0.1, -0.05) is 23.7 Å². The SMILES string of the molecule is Fc1ccc(C(F)(F)F)c(-c2nc3c(Cl)cccc3cc2CNc2ncnc3nc[nH]c23)c1. The van der Waals surface area contributed by atoms with Crippen LogP contribution in [0.15, 0.2) is 55.1 Å². The van der Waals surface area contributed by atoms with Gasteiger partial charge in [0, 0.05) is 17.5 Å². The maximum absolute atomic E-state index is 14.1. The number of aromatic nitrogens is 5. The third-order valence-electron chi connectivity index (χ3n) is 5.09. The molecule has 3 aromatic heterocycles. The Balaban J connectivity index is 1.68. The number of halogens is 5. The van der Waals surface area contributed by atoms with Crippen LogP contribution in [0.2, 0.25) is 5.02 Å². The second-order valence-corrected chi connectivity index (χ2v) is 7.58. The number of nitrogens with one attached hydrogen (secondary N) is 2. The molecule has 5 rings (SSSR count). The quantitative estimate of drug-likeness (QED) is 0.314. The van der Waals surface area contributed by atoms with E-state index in [0.717, 1.165) is 12.1 Å². The first-order valence-electron chi connectivity index (χ1n) is 9.64. The zero-order valence-corrected chi connectivity index (χ0v) is 17.3. The smallest absolute Gasteiger partial charge is 0.364 e. The lowest BCUT2D eigenvalue weighted by Crippen LogP contribution is -2.10. The summed E-state index contributed by atoms with van der Waals surface area (Å²) in [4.78, 5) is 19.6. The molecule has 0 fully saturated rings. The van der Waals surface area contributed by atoms with Crippen molar-refractivity contribution in [3.63, 3.8) is 0 Å². The van der Waals surface area contributed by atoms with Gasteiger partial charge in [-0.05, 0) is 35.9 Å². The molecule has 0 saturated heterocycles. The normalized spacial score (nSPS) is 11.9. The molecule has 0 aliphatic heterocycles. The average Bonchev–Trinajstić information content (AvgIpc) is 3.26. The van der Waals surface area contributed by atoms with Gasteiger partial charge >= 0.3 is 6.18 Å². The second kappa shape index (κ2) is 7.96. The predicted molar refractivity (Wildman–Crippen MR) is 116 cm³/mol. The Morgan fingerprint density at radius 3 is 2.70 bits per heavy atom. The number of aromatic amines is 1. The number of hydrogen-bond acceptors (Lipinski definition) is 5. The average molecular weight is 473 g/mol. The summed E-state index contributed by atoms with van der Waals surface area (Å²) >= 11 is 6.25. The molecule has 0 unspecified atom stereocenters. The molecule has 166 valence electrons. The van der Waals surface area contributed by atoms with E-state index in [-0.39, 0.29) is 22.8 Å². The highest BCUT2D eigenvalue weighted by atomic mass is 35.5. The van der Waals surface area contributed by atoms with Gasteiger partial charge in [0.25, 0.3) is 0 Å². The van der Waals surface area contributed by atoms with Crippen molar-refractivity contribution in [2.45, 2.75) is 12.7 Å². The van der Waals surface area contributed by atoms with Gasteiger partial charge in [-0.25, -0.2) is 24.3 Å². The number of alkyl halides is 3. The van der Waals surface area contributed by atoms with Gasteiger partial charge in [0.15, 0.2) is 11.5 Å². The third-order valence-corrected chi connectivity index (χ3v) is 5.39. The standard InChI is InChI=1S/C22H13ClF4N6/c23-16-3-1-2-11-6-12(8-28-20-19-21(30-9-29-19)32-10-31-20)17(33-18(11)16)14-7-13(24)4-5-15(14)22(25,26)27/h1-7,9-10H,8H2,(H2,28,29,30,31,32). The van der Waals surface area contributed by atoms with Gasteiger partial charge in [-0.2, -0.15) is 13.2 Å². The molecule has 0 bridgehead atoms. The van der Waals surface area contributed by atoms with E-state index < -0.39 is 17.6 Å². The molecule has 33 heavy (non-hydrogen) atoms. The number of imidazole rings is 1. The van der Waals surface area contributed by atoms with Crippen molar-refractivity contribution >= 4 is 39.5 Å². The lowest BCUT2D eigenvalue weighted by molar-refractivity contribution is -0.137. The first kappa shape index (κ1) is 21.1. The lowest BCUT2D eigenvalue weighted by atomic mass is 9.98. The van der Waals surface area contributed by atoms with E-state index in [1.54, 1.807) is 24.3 Å². The van der Waals surface area contributed by atoms with Crippen molar-refractivity contribution in [1.82, 2.24) is 24.9 Å². The van der Waals surface area contributed by atoms with Crippen LogP contribution >= 0.6 is 11.6 Å². The highest BCUT2D eigenvalue weighted by molar-refractivity contribution is 6.35. The summed E-state index contributed by atoms with van der Waals surface area (Å²) < 4.78 is 55.4. The Bertz CT molecular complexity index is 1500. The maximum Gasteiger partial charge on any atom is 0.417 e. The number of H-pyrrole nitrogens is 1. The number of para-hydroxylation sites is 1. The van der Waals surface area contributed by atoms with Gasteiger partial charge in [0.1, 0.15) is 17.7 Å². The van der Waals surface area contributed by atoms with E-state index >= 15 is 0 Å². The highest BCUT2D eigenvalue weighted by Crippen LogP contribution is 2.39. The Morgan fingerprint density at radius 2 is 1.88 bits per heavy atom. The number of hydrogen-bond donors (Lipinski definition) is 2. The monoisotopic (exact) mass is 472 g/mol. The molecule has 0 amide bonds. The first-order valence-corrected chi connectivity index (χ1v) is 10.0. The second-order valence-electron chi connectivity index (χ2n) is 7.17. The highest BCUT2D eigenvalue weighted by Gasteiger charge is 2.35. The summed E-state index contributed by atoms with van der Waals surface area (Å²) in [6, 6.07) is 9.03. The fourth-order valence-electron chi connectivity index (χ4n) is 3.61. The number of rotatable bonds is 4. The molecule has 2 aromatic carbocycles. The van der Waals surface area contributed by atoms with Crippen molar-refractivity contribution in [2.75, 3.05) is 5.32 Å². The summed E-state index contributed by atoms with van der Waals surface area (Å²) in [5.74, 6) is -0.405. The van der Waals surface area contributed by atoms with Crippen molar-refractivity contribution in [2.24, 2.45) is 0 Å². The Kier molecular flexibility index (Phi) is 5.09. The van der Waals surface area contributed by atoms with Gasteiger partial charge in [-0.3, -0.25) is 0 Å². The van der Waals surface area contributed by atoms with Crippen LogP contribution in [0.3, 0.4) is 0 Å². The zero-order valence-electron chi connectivity index (χ0n) is 16.6. The van der Waals surface area contributed by atoms with Gasteiger partial charge in [-0.15, -0.1) is 0 Å². The Labute approximate surface area is 188 Å². The molecule has 6 nitrogen and oxygen atoms in total. The number of fused-ring (bicyclic) bond motifs is 2. The Hall–Kier alpha value is -3.79. The van der Waals surface area contributed by atoms with Crippen LogP contribution in [0.4, 0.5) is 23.4 Å². The summed E-state index contributed by atoms with van der Waals surface area (Å²) in [7, 11) is 0. The molecule has 0 radical (unpaired) electrons. The Morgan fingerprint density at radius 1 is 1.03 bits per heavy atom. The van der Waals surface area contributed by atoms with Crippen molar-refractivity contribution in [3.8, 4) is 11.3 Å². The minimum atomic E-state index is -4.71. The minimum absolute atomic E-state index is 0.0372. The molecule has 5 aromatic rings. The fourth-order valence-corrected chi connectivity index (χ4v) is 3.84. The number of pyridine rings is 1. The van der Waals surface area contributed by atoms with E-state index in [1.807, 2.05) is 0 Å². The van der Waals surface area contributed by atoms with Crippen molar-refractivity contribution < 1.29 is 17.6 Å². The topological polar surface area (TPSA) is 79.4 Å². The van der Waals surface area contributed by atoms with E-state index in [9.17, 15) is 17.6 Å². The predicted octanol–water partition coefficient (Wildman–Crippen LogP) is 5.99. The van der Waals surface area contributed by atoms with Crippen molar-refractivity contribution in [1.29, 1.82) is 0 Å². The van der Waals surface area contributed by atoms with Crippen LogP contribution in [0.1, 0.15) is 11.1 Å². The summed E-state index contributed by atoms with van der Waals surface area (Å²) in [6.45, 7) is 0.0454. The fraction of sp³-hybridized carbons (Fsp3) is 0.0909. The van der Waals surface area contributed by atoms with Crippen LogP contribution in [-0.4, -0.2) is 24.9 Å². The maximum atomic E-state index is 14.1. The minimum Gasteiger partial charge on any atom is -0.364 e. The van der Waals surface area contributed by atoms with Crippen LogP contribution in [0, 0.1) is 5.82 Å². The van der Waals surface area contributed by atoms with Crippen molar-refractivity contribution in [3.05, 3.63) is 77.1 Å². The first-order chi connectivity index (χ1) is 15.8. The molecular weight excluding hydrogens is 460 g/mol. The molecule has 11 heteroatoms. The molecular formula is C22H13ClF4N6. The lowest BCUT2D eigenvalue weighted by Gasteiger charge is -2.17. The molecule has 2 N–H and O–H groups in total. The van der Waals surface area contributed by atoms with E-state index in [2.05, 4.69) is 30.2 Å². The van der Waals surface area contributed by atoms with Crippen LogP contribution in [-0.2, 0) is 12.7 Å². The van der Waals surface area contributed by atoms with E-state index in [1.165, 1.54) is 12.7 Å². The largest absolute Gasteiger partial charge is 0.417 e. The molecule has 0 spiro atoms. The number of nitrogens with zero attached hydrogens (tertiary/aromatic N) is 4. The number of benzene rings is 2. The van der Waals surface area contributed by atoms with Crippen LogP contribution in [0.5, 0.6) is 0 Å². The van der Waals surface area contributed by atoms with Gasteiger partial charge < -0.3 is 10.3 Å². The van der Waals surface area contributed by atoms with E-state index in [4.69, 9.17) is 11.6 Å². The molecule has 0 saturated carbocycles. The summed E-state index contributed by atoms with van der Waals surface area (Å²) in [6.07, 6.45) is -1.93. The zero-order chi connectivity index (χ0) is 23.2. The number of anilines is 1. The third kappa shape index (κ3) is 3.93. The summed E-state index contributed by atoms with van der Waals surface area (Å²) in [5.41, 5.74) is 0.265. The van der Waals surface area contributed by atoms with Crippen LogP contribution in [0.25, 0.3) is 33.3 Å². The molecule has 0 atom stereocenters. The molecule has 0 aliphatic carbocycles.